The Hall–Kier alpha value is -1.99. The summed E-state index contributed by atoms with van der Waals surface area (Å²) in [5, 5.41) is 0. The molecular formula is C23H19Br2NO4. The highest BCUT2D eigenvalue weighted by Crippen LogP contribution is 2.60. The lowest BCUT2D eigenvalue weighted by Crippen LogP contribution is -2.37. The molecule has 154 valence electrons. The molecule has 2 aromatic rings. The number of carbonyl (C=O) groups is 3. The molecule has 7 heteroatoms. The Morgan fingerprint density at radius 2 is 1.57 bits per heavy atom. The minimum absolute atomic E-state index is 0.156. The van der Waals surface area contributed by atoms with Crippen LogP contribution in [0.15, 0.2) is 54.6 Å². The second-order valence-electron chi connectivity index (χ2n) is 8.13. The molecule has 1 aliphatic heterocycles. The van der Waals surface area contributed by atoms with Gasteiger partial charge in [-0.15, -0.1) is 0 Å². The van der Waals surface area contributed by atoms with Gasteiger partial charge in [-0.05, 0) is 42.0 Å². The molecule has 0 radical (unpaired) electrons. The monoisotopic (exact) mass is 531 g/mol. The van der Waals surface area contributed by atoms with Crippen LogP contribution in [0.25, 0.3) is 0 Å². The zero-order chi connectivity index (χ0) is 21.0. The molecule has 0 aromatic heterocycles. The van der Waals surface area contributed by atoms with E-state index in [9.17, 15) is 14.4 Å². The first-order valence-electron chi connectivity index (χ1n) is 9.94. The van der Waals surface area contributed by atoms with Crippen molar-refractivity contribution in [3.63, 3.8) is 0 Å². The number of fused-ring (bicyclic) bond motifs is 5. The van der Waals surface area contributed by atoms with Gasteiger partial charge in [0.1, 0.15) is 6.61 Å². The number of hydrogen-bond acceptors (Lipinski definition) is 4. The van der Waals surface area contributed by atoms with E-state index >= 15 is 0 Å². The molecule has 1 saturated heterocycles. The number of imide groups is 1. The molecule has 2 aliphatic carbocycles. The smallest absolute Gasteiger partial charge is 0.338 e. The zero-order valence-electron chi connectivity index (χ0n) is 15.9. The number of esters is 1. The number of hydrogen-bond donors (Lipinski definition) is 0. The van der Waals surface area contributed by atoms with Crippen LogP contribution in [-0.4, -0.2) is 27.4 Å². The van der Waals surface area contributed by atoms with Crippen LogP contribution >= 0.6 is 31.9 Å². The highest BCUT2D eigenvalue weighted by atomic mass is 79.9. The molecule has 3 aliphatic rings. The van der Waals surface area contributed by atoms with Gasteiger partial charge >= 0.3 is 5.97 Å². The lowest BCUT2D eigenvalue weighted by molar-refractivity contribution is -0.123. The Morgan fingerprint density at radius 1 is 0.933 bits per heavy atom. The molecule has 3 fully saturated rings. The van der Waals surface area contributed by atoms with Gasteiger partial charge in [-0.3, -0.25) is 14.5 Å². The standard InChI is InChI=1S/C23H19Br2NO4/c24-19-15-10-16(20(19)25)18-17(15)21(27)26(22(18)28)14-8-4-7-13(9-14)23(29)30-11-12-5-2-1-3-6-12/h1-9,15-20H,10-11H2/t15-,16+,17+,18-,19+,20-. The first kappa shape index (κ1) is 19.9. The zero-order valence-corrected chi connectivity index (χ0v) is 19.1. The van der Waals surface area contributed by atoms with Crippen molar-refractivity contribution >= 4 is 55.3 Å². The van der Waals surface area contributed by atoms with Gasteiger partial charge in [0.05, 0.1) is 23.1 Å². The number of alkyl halides is 2. The topological polar surface area (TPSA) is 63.7 Å². The largest absolute Gasteiger partial charge is 0.457 e. The van der Waals surface area contributed by atoms with Crippen LogP contribution in [0.1, 0.15) is 22.3 Å². The molecule has 0 unspecified atom stereocenters. The fraction of sp³-hybridized carbons (Fsp3) is 0.348. The summed E-state index contributed by atoms with van der Waals surface area (Å²) in [7, 11) is 0. The average molecular weight is 533 g/mol. The van der Waals surface area contributed by atoms with Gasteiger partial charge in [0, 0.05) is 9.65 Å². The third-order valence-corrected chi connectivity index (χ3v) is 9.75. The first-order chi connectivity index (χ1) is 14.5. The summed E-state index contributed by atoms with van der Waals surface area (Å²) in [5.41, 5.74) is 1.65. The summed E-state index contributed by atoms with van der Waals surface area (Å²) in [6.07, 6.45) is 0.887. The highest BCUT2D eigenvalue weighted by Gasteiger charge is 2.66. The van der Waals surface area contributed by atoms with E-state index in [0.29, 0.717) is 11.3 Å². The number of carbonyl (C=O) groups excluding carboxylic acids is 3. The highest BCUT2D eigenvalue weighted by molar-refractivity contribution is 9.12. The Kier molecular flexibility index (Phi) is 5.06. The average Bonchev–Trinajstić information content (AvgIpc) is 3.37. The number of nitrogens with zero attached hydrogens (tertiary/aromatic N) is 1. The predicted molar refractivity (Wildman–Crippen MR) is 119 cm³/mol. The molecule has 2 saturated carbocycles. The quantitative estimate of drug-likeness (QED) is 0.334. The van der Waals surface area contributed by atoms with E-state index in [1.54, 1.807) is 24.3 Å². The van der Waals surface area contributed by atoms with Gasteiger partial charge in [-0.1, -0.05) is 68.3 Å². The van der Waals surface area contributed by atoms with E-state index < -0.39 is 5.97 Å². The van der Waals surface area contributed by atoms with Crippen molar-refractivity contribution in [2.24, 2.45) is 23.7 Å². The molecule has 2 amide bonds. The lowest BCUT2D eigenvalue weighted by atomic mass is 9.81. The van der Waals surface area contributed by atoms with Crippen molar-refractivity contribution in [3.05, 3.63) is 65.7 Å². The molecule has 5 nitrogen and oxygen atoms in total. The molecular weight excluding hydrogens is 514 g/mol. The summed E-state index contributed by atoms with van der Waals surface area (Å²) in [6.45, 7) is 0.165. The normalized spacial score (nSPS) is 31.9. The molecule has 2 bridgehead atoms. The van der Waals surface area contributed by atoms with E-state index in [1.165, 1.54) is 4.90 Å². The second-order valence-corrected chi connectivity index (χ2v) is 10.2. The predicted octanol–water partition coefficient (Wildman–Crippen LogP) is 4.33. The summed E-state index contributed by atoms with van der Waals surface area (Å²) in [5.74, 6) is -1.05. The summed E-state index contributed by atoms with van der Waals surface area (Å²) < 4.78 is 5.39. The Labute approximate surface area is 191 Å². The molecule has 30 heavy (non-hydrogen) atoms. The fourth-order valence-corrected chi connectivity index (χ4v) is 7.06. The number of rotatable bonds is 4. The number of anilines is 1. The number of halogens is 2. The summed E-state index contributed by atoms with van der Waals surface area (Å²) >= 11 is 7.40. The van der Waals surface area contributed by atoms with Gasteiger partial charge in [-0.25, -0.2) is 4.79 Å². The molecule has 0 spiro atoms. The molecule has 0 N–H and O–H groups in total. The number of amides is 2. The van der Waals surface area contributed by atoms with Crippen molar-refractivity contribution in [2.45, 2.75) is 22.7 Å². The maximum absolute atomic E-state index is 13.2. The van der Waals surface area contributed by atoms with Crippen LogP contribution in [0.5, 0.6) is 0 Å². The van der Waals surface area contributed by atoms with Crippen molar-refractivity contribution in [3.8, 4) is 0 Å². The molecule has 2 aromatic carbocycles. The van der Waals surface area contributed by atoms with Gasteiger partial charge in [0.25, 0.3) is 0 Å². The molecule has 5 rings (SSSR count). The van der Waals surface area contributed by atoms with Crippen LogP contribution in [0.3, 0.4) is 0 Å². The number of benzene rings is 2. The second kappa shape index (κ2) is 7.61. The van der Waals surface area contributed by atoms with E-state index in [1.807, 2.05) is 30.3 Å². The molecule has 6 atom stereocenters. The van der Waals surface area contributed by atoms with Gasteiger partial charge in [0.15, 0.2) is 0 Å². The van der Waals surface area contributed by atoms with E-state index in [0.717, 1.165) is 12.0 Å². The minimum Gasteiger partial charge on any atom is -0.457 e. The van der Waals surface area contributed by atoms with Crippen molar-refractivity contribution in [1.82, 2.24) is 0 Å². The van der Waals surface area contributed by atoms with Gasteiger partial charge in [-0.2, -0.15) is 0 Å². The van der Waals surface area contributed by atoms with Crippen LogP contribution in [0.4, 0.5) is 5.69 Å². The van der Waals surface area contributed by atoms with Crippen molar-refractivity contribution in [1.29, 1.82) is 0 Å². The summed E-state index contributed by atoms with van der Waals surface area (Å²) in [4.78, 5) is 40.5. The van der Waals surface area contributed by atoms with E-state index in [2.05, 4.69) is 31.9 Å². The first-order valence-corrected chi connectivity index (χ1v) is 11.8. The van der Waals surface area contributed by atoms with Crippen molar-refractivity contribution in [2.75, 3.05) is 4.90 Å². The van der Waals surface area contributed by atoms with Crippen LogP contribution in [0, 0.1) is 23.7 Å². The van der Waals surface area contributed by atoms with Crippen LogP contribution < -0.4 is 4.90 Å². The lowest BCUT2D eigenvalue weighted by Gasteiger charge is -2.28. The fourth-order valence-electron chi connectivity index (χ4n) is 5.18. The maximum Gasteiger partial charge on any atom is 0.338 e. The van der Waals surface area contributed by atoms with Gasteiger partial charge < -0.3 is 4.74 Å². The minimum atomic E-state index is -0.485. The van der Waals surface area contributed by atoms with Gasteiger partial charge in [0.2, 0.25) is 11.8 Å². The Morgan fingerprint density at radius 3 is 2.20 bits per heavy atom. The number of ether oxygens (including phenoxy) is 1. The Balaban J connectivity index is 1.36. The Bertz CT molecular complexity index is 995. The maximum atomic E-state index is 13.2. The van der Waals surface area contributed by atoms with Crippen LogP contribution in [0.2, 0.25) is 0 Å². The van der Waals surface area contributed by atoms with E-state index in [4.69, 9.17) is 4.74 Å². The third kappa shape index (κ3) is 3.05. The SMILES string of the molecule is O=C(OCc1ccccc1)c1cccc(N2C(=O)[C@@H]3[C@@H]4C[C@@H]([C@H](Br)[C@@H]4Br)[C@@H]3C2=O)c1. The third-order valence-electron chi connectivity index (χ3n) is 6.54. The molecule has 1 heterocycles. The van der Waals surface area contributed by atoms with E-state index in [-0.39, 0.29) is 51.7 Å². The summed E-state index contributed by atoms with van der Waals surface area (Å²) in [6, 6.07) is 16.0. The van der Waals surface area contributed by atoms with Crippen molar-refractivity contribution < 1.29 is 19.1 Å². The van der Waals surface area contributed by atoms with Crippen LogP contribution in [-0.2, 0) is 20.9 Å².